The van der Waals surface area contributed by atoms with E-state index in [1.165, 1.54) is 11.9 Å². The van der Waals surface area contributed by atoms with Crippen molar-refractivity contribution in [1.29, 1.82) is 0 Å². The number of hydrogen-bond donors (Lipinski definition) is 1. The van der Waals surface area contributed by atoms with Gasteiger partial charge in [-0.3, -0.25) is 0 Å². The molecule has 20 heavy (non-hydrogen) atoms. The second-order valence-electron chi connectivity index (χ2n) is 4.45. The summed E-state index contributed by atoms with van der Waals surface area (Å²) in [6, 6.07) is 7.99. The zero-order valence-electron chi connectivity index (χ0n) is 12.0. The van der Waals surface area contributed by atoms with Crippen molar-refractivity contribution in [3.63, 3.8) is 0 Å². The van der Waals surface area contributed by atoms with E-state index in [9.17, 15) is 0 Å². The third-order valence-corrected chi connectivity index (χ3v) is 2.88. The lowest BCUT2D eigenvalue weighted by Crippen LogP contribution is -2.13. The molecule has 106 valence electrons. The van der Waals surface area contributed by atoms with Crippen molar-refractivity contribution in [1.82, 2.24) is 9.97 Å². The Bertz CT molecular complexity index is 573. The summed E-state index contributed by atoms with van der Waals surface area (Å²) in [5, 5.41) is 3.22. The van der Waals surface area contributed by atoms with Gasteiger partial charge in [-0.1, -0.05) is 12.1 Å². The van der Waals surface area contributed by atoms with E-state index in [-0.39, 0.29) is 0 Å². The van der Waals surface area contributed by atoms with Gasteiger partial charge in [0.15, 0.2) is 0 Å². The second kappa shape index (κ2) is 6.75. The fourth-order valence-electron chi connectivity index (χ4n) is 1.86. The Morgan fingerprint density at radius 3 is 2.80 bits per heavy atom. The lowest BCUT2D eigenvalue weighted by atomic mass is 10.2. The van der Waals surface area contributed by atoms with Gasteiger partial charge in [0.2, 0.25) is 5.88 Å². The van der Waals surface area contributed by atoms with Crippen LogP contribution in [0.1, 0.15) is 11.1 Å². The van der Waals surface area contributed by atoms with Gasteiger partial charge in [0.05, 0.1) is 19.2 Å². The number of rotatable bonds is 6. The van der Waals surface area contributed by atoms with Crippen molar-refractivity contribution in [2.45, 2.75) is 13.8 Å². The van der Waals surface area contributed by atoms with E-state index in [0.717, 1.165) is 17.1 Å². The van der Waals surface area contributed by atoms with Crippen LogP contribution in [-0.4, -0.2) is 30.2 Å². The molecular weight excluding hydrogens is 254 g/mol. The highest BCUT2D eigenvalue weighted by Gasteiger charge is 2.06. The maximum absolute atomic E-state index is 5.67. The van der Waals surface area contributed by atoms with Gasteiger partial charge < -0.3 is 14.8 Å². The maximum atomic E-state index is 5.67. The van der Waals surface area contributed by atoms with Crippen LogP contribution < -0.4 is 14.8 Å². The SMILES string of the molecule is COc1ncnc(NCCOc2cccc(C)c2)c1C. The van der Waals surface area contributed by atoms with Crippen LogP contribution in [0.3, 0.4) is 0 Å². The van der Waals surface area contributed by atoms with Gasteiger partial charge in [0, 0.05) is 0 Å². The molecule has 0 spiro atoms. The molecule has 0 unspecified atom stereocenters. The van der Waals surface area contributed by atoms with Crippen molar-refractivity contribution in [3.8, 4) is 11.6 Å². The van der Waals surface area contributed by atoms with Gasteiger partial charge in [-0.05, 0) is 31.5 Å². The van der Waals surface area contributed by atoms with E-state index in [1.807, 2.05) is 38.1 Å². The Kier molecular flexibility index (Phi) is 4.76. The standard InChI is InChI=1S/C15H19N3O2/c1-11-5-4-6-13(9-11)20-8-7-16-14-12(2)15(19-3)18-10-17-14/h4-6,9-10H,7-8H2,1-3H3,(H,16,17,18). The summed E-state index contributed by atoms with van der Waals surface area (Å²) in [6.07, 6.45) is 1.48. The highest BCUT2D eigenvalue weighted by atomic mass is 16.5. The fourth-order valence-corrected chi connectivity index (χ4v) is 1.86. The molecule has 5 heteroatoms. The largest absolute Gasteiger partial charge is 0.492 e. The number of aromatic nitrogens is 2. The number of anilines is 1. The van der Waals surface area contributed by atoms with E-state index >= 15 is 0 Å². The van der Waals surface area contributed by atoms with E-state index in [0.29, 0.717) is 19.0 Å². The number of nitrogens with zero attached hydrogens (tertiary/aromatic N) is 2. The number of nitrogens with one attached hydrogen (secondary N) is 1. The Hall–Kier alpha value is -2.30. The van der Waals surface area contributed by atoms with Crippen LogP contribution in [0.4, 0.5) is 5.82 Å². The number of aryl methyl sites for hydroxylation is 1. The third-order valence-electron chi connectivity index (χ3n) is 2.88. The Balaban J connectivity index is 1.84. The molecule has 0 aliphatic carbocycles. The van der Waals surface area contributed by atoms with Gasteiger partial charge in [-0.25, -0.2) is 9.97 Å². The minimum absolute atomic E-state index is 0.565. The van der Waals surface area contributed by atoms with Gasteiger partial charge in [-0.15, -0.1) is 0 Å². The highest BCUT2D eigenvalue weighted by Crippen LogP contribution is 2.19. The molecule has 1 aromatic carbocycles. The van der Waals surface area contributed by atoms with Crippen LogP contribution in [0.5, 0.6) is 11.6 Å². The summed E-state index contributed by atoms with van der Waals surface area (Å²) in [7, 11) is 1.60. The average Bonchev–Trinajstić information content (AvgIpc) is 2.45. The van der Waals surface area contributed by atoms with Crippen molar-refractivity contribution >= 4 is 5.82 Å². The number of hydrogen-bond acceptors (Lipinski definition) is 5. The first-order chi connectivity index (χ1) is 9.70. The molecule has 1 aromatic heterocycles. The predicted octanol–water partition coefficient (Wildman–Crippen LogP) is 2.59. The number of methoxy groups -OCH3 is 1. The summed E-state index contributed by atoms with van der Waals surface area (Å²) in [5.74, 6) is 2.23. The summed E-state index contributed by atoms with van der Waals surface area (Å²) >= 11 is 0. The van der Waals surface area contributed by atoms with Crippen molar-refractivity contribution in [2.75, 3.05) is 25.6 Å². The van der Waals surface area contributed by atoms with E-state index < -0.39 is 0 Å². The molecule has 0 saturated carbocycles. The predicted molar refractivity (Wildman–Crippen MR) is 78.5 cm³/mol. The monoisotopic (exact) mass is 273 g/mol. The molecule has 0 bridgehead atoms. The normalized spacial score (nSPS) is 10.2. The first-order valence-electron chi connectivity index (χ1n) is 6.49. The van der Waals surface area contributed by atoms with Crippen LogP contribution in [-0.2, 0) is 0 Å². The smallest absolute Gasteiger partial charge is 0.221 e. The lowest BCUT2D eigenvalue weighted by Gasteiger charge is -2.11. The Labute approximate surface area is 119 Å². The summed E-state index contributed by atoms with van der Waals surface area (Å²) < 4.78 is 10.8. The van der Waals surface area contributed by atoms with Crippen LogP contribution in [0.15, 0.2) is 30.6 Å². The minimum Gasteiger partial charge on any atom is -0.492 e. The number of ether oxygens (including phenoxy) is 2. The molecule has 0 atom stereocenters. The molecule has 0 aliphatic heterocycles. The molecule has 0 aliphatic rings. The molecule has 1 N–H and O–H groups in total. The van der Waals surface area contributed by atoms with E-state index in [1.54, 1.807) is 7.11 Å². The van der Waals surface area contributed by atoms with Crippen LogP contribution in [0.25, 0.3) is 0 Å². The zero-order chi connectivity index (χ0) is 14.4. The minimum atomic E-state index is 0.565. The third kappa shape index (κ3) is 3.60. The molecule has 0 fully saturated rings. The van der Waals surface area contributed by atoms with Crippen LogP contribution >= 0.6 is 0 Å². The molecule has 5 nitrogen and oxygen atoms in total. The van der Waals surface area contributed by atoms with Gasteiger partial charge in [0.1, 0.15) is 24.5 Å². The van der Waals surface area contributed by atoms with Crippen molar-refractivity contribution in [3.05, 3.63) is 41.7 Å². The molecular formula is C15H19N3O2. The average molecular weight is 273 g/mol. The van der Waals surface area contributed by atoms with Crippen molar-refractivity contribution < 1.29 is 9.47 Å². The first kappa shape index (κ1) is 14.1. The summed E-state index contributed by atoms with van der Waals surface area (Å²) in [5.41, 5.74) is 2.08. The Morgan fingerprint density at radius 2 is 2.05 bits per heavy atom. The summed E-state index contributed by atoms with van der Waals surface area (Å²) in [6.45, 7) is 5.19. The molecule has 0 amide bonds. The van der Waals surface area contributed by atoms with E-state index in [2.05, 4.69) is 15.3 Å². The van der Waals surface area contributed by atoms with Gasteiger partial charge in [-0.2, -0.15) is 0 Å². The Morgan fingerprint density at radius 1 is 1.20 bits per heavy atom. The molecule has 2 aromatic rings. The fraction of sp³-hybridized carbons (Fsp3) is 0.333. The summed E-state index contributed by atoms with van der Waals surface area (Å²) in [4.78, 5) is 8.23. The maximum Gasteiger partial charge on any atom is 0.221 e. The zero-order valence-corrected chi connectivity index (χ0v) is 12.0. The topological polar surface area (TPSA) is 56.3 Å². The van der Waals surface area contributed by atoms with Gasteiger partial charge >= 0.3 is 0 Å². The van der Waals surface area contributed by atoms with Crippen molar-refractivity contribution in [2.24, 2.45) is 0 Å². The second-order valence-corrected chi connectivity index (χ2v) is 4.45. The molecule has 0 saturated heterocycles. The highest BCUT2D eigenvalue weighted by molar-refractivity contribution is 5.47. The lowest BCUT2D eigenvalue weighted by molar-refractivity contribution is 0.332. The van der Waals surface area contributed by atoms with E-state index in [4.69, 9.17) is 9.47 Å². The van der Waals surface area contributed by atoms with Gasteiger partial charge in [0.25, 0.3) is 0 Å². The molecule has 1 heterocycles. The molecule has 0 radical (unpaired) electrons. The first-order valence-corrected chi connectivity index (χ1v) is 6.49. The quantitative estimate of drug-likeness (QED) is 0.820. The molecule has 2 rings (SSSR count). The number of benzene rings is 1. The van der Waals surface area contributed by atoms with Crippen LogP contribution in [0.2, 0.25) is 0 Å². The van der Waals surface area contributed by atoms with Crippen LogP contribution in [0, 0.1) is 13.8 Å².